The van der Waals surface area contributed by atoms with Crippen LogP contribution in [0.2, 0.25) is 0 Å². The number of hydrogen-bond acceptors (Lipinski definition) is 6. The zero-order valence-corrected chi connectivity index (χ0v) is 24.8. The molecule has 0 aliphatic heterocycles. The number of carbonyl (C=O) groups is 2. The van der Waals surface area contributed by atoms with Crippen molar-refractivity contribution < 1.29 is 19.1 Å². The highest BCUT2D eigenvalue weighted by atomic mass is 16.5. The van der Waals surface area contributed by atoms with E-state index >= 15 is 0 Å². The highest BCUT2D eigenvalue weighted by Crippen LogP contribution is 2.14. The van der Waals surface area contributed by atoms with Gasteiger partial charge in [-0.05, 0) is 54.2 Å². The van der Waals surface area contributed by atoms with Crippen molar-refractivity contribution in [2.45, 2.75) is 64.5 Å². The van der Waals surface area contributed by atoms with E-state index in [1.165, 1.54) is 5.56 Å². The van der Waals surface area contributed by atoms with Gasteiger partial charge in [-0.2, -0.15) is 0 Å². The maximum Gasteiger partial charge on any atom is 0.328 e. The molecular formula is C34H47N3O4. The second-order valence-electron chi connectivity index (χ2n) is 11.1. The van der Waals surface area contributed by atoms with Crippen LogP contribution in [0.5, 0.6) is 0 Å². The Morgan fingerprint density at radius 3 is 2.34 bits per heavy atom. The zero-order valence-electron chi connectivity index (χ0n) is 24.8. The quantitative estimate of drug-likeness (QED) is 0.136. The average molecular weight is 562 g/mol. The van der Waals surface area contributed by atoms with Crippen molar-refractivity contribution in [2.24, 2.45) is 5.92 Å². The Morgan fingerprint density at radius 1 is 0.927 bits per heavy atom. The molecule has 2 aromatic rings. The van der Waals surface area contributed by atoms with Gasteiger partial charge in [-0.3, -0.25) is 10.1 Å². The van der Waals surface area contributed by atoms with Gasteiger partial charge in [0, 0.05) is 13.1 Å². The van der Waals surface area contributed by atoms with E-state index in [-0.39, 0.29) is 25.2 Å². The normalized spacial score (nSPS) is 15.2. The third kappa shape index (κ3) is 12.4. The summed E-state index contributed by atoms with van der Waals surface area (Å²) >= 11 is 0. The third-order valence-electron chi connectivity index (χ3n) is 7.03. The predicted octanol–water partition coefficient (Wildman–Crippen LogP) is 4.91. The molecule has 3 atom stereocenters. The number of rotatable bonds is 18. The minimum Gasteiger partial charge on any atom is -0.459 e. The highest BCUT2D eigenvalue weighted by Gasteiger charge is 2.27. The summed E-state index contributed by atoms with van der Waals surface area (Å²) in [7, 11) is 0. The third-order valence-corrected chi connectivity index (χ3v) is 7.03. The molecule has 0 fully saturated rings. The molecule has 3 rings (SSSR count). The van der Waals surface area contributed by atoms with Crippen LogP contribution < -0.4 is 16.0 Å². The molecule has 41 heavy (non-hydrogen) atoms. The second-order valence-corrected chi connectivity index (χ2v) is 11.1. The smallest absolute Gasteiger partial charge is 0.328 e. The van der Waals surface area contributed by atoms with Gasteiger partial charge < -0.3 is 20.1 Å². The molecule has 0 heterocycles. The number of benzene rings is 2. The number of esters is 1. The zero-order chi connectivity index (χ0) is 29.3. The van der Waals surface area contributed by atoms with Gasteiger partial charge in [-0.25, -0.2) is 4.79 Å². The SMILES string of the molecule is CC(C)C[C@@H](NC(=O)[C@@H](Cc1ccccc1)NCOCCNC[C@@H](C)c1ccccc1)C(=O)OCC1=CCCC=C1. The first-order valence-electron chi connectivity index (χ1n) is 14.9. The van der Waals surface area contributed by atoms with Crippen molar-refractivity contribution in [3.63, 3.8) is 0 Å². The molecule has 0 saturated carbocycles. The first-order chi connectivity index (χ1) is 19.9. The summed E-state index contributed by atoms with van der Waals surface area (Å²) in [5.74, 6) is -0.0266. The molecule has 222 valence electrons. The van der Waals surface area contributed by atoms with E-state index in [9.17, 15) is 9.59 Å². The van der Waals surface area contributed by atoms with E-state index in [2.05, 4.69) is 59.3 Å². The average Bonchev–Trinajstić information content (AvgIpc) is 2.99. The minimum absolute atomic E-state index is 0.211. The fourth-order valence-corrected chi connectivity index (χ4v) is 4.69. The molecule has 0 saturated heterocycles. The molecule has 0 unspecified atom stereocenters. The number of hydrogen-bond donors (Lipinski definition) is 3. The van der Waals surface area contributed by atoms with Crippen molar-refractivity contribution in [2.75, 3.05) is 33.0 Å². The van der Waals surface area contributed by atoms with Crippen molar-refractivity contribution in [3.8, 4) is 0 Å². The standard InChI is InChI=1S/C34H47N3O4/c1-26(2)21-32(34(39)41-24-29-15-9-5-10-16-29)37-33(38)31(22-28-13-7-4-8-14-28)36-25-40-20-19-35-23-27(3)30-17-11-6-12-18-30/h4,6-9,11-18,26-27,31-32,35-36H,5,10,19-25H2,1-3H3,(H,37,38)/t27-,31-,32-/m1/s1. The number of ether oxygens (including phenoxy) is 2. The van der Waals surface area contributed by atoms with Gasteiger partial charge in [0.2, 0.25) is 5.91 Å². The Morgan fingerprint density at radius 2 is 1.66 bits per heavy atom. The van der Waals surface area contributed by atoms with Gasteiger partial charge in [0.15, 0.2) is 0 Å². The summed E-state index contributed by atoms with van der Waals surface area (Å²) in [6, 6.07) is 19.0. The number of nitrogens with one attached hydrogen (secondary N) is 3. The largest absolute Gasteiger partial charge is 0.459 e. The Balaban J connectivity index is 1.49. The second kappa shape index (κ2) is 18.2. The van der Waals surface area contributed by atoms with Crippen molar-refractivity contribution in [1.82, 2.24) is 16.0 Å². The summed E-state index contributed by atoms with van der Waals surface area (Å²) in [4.78, 5) is 26.5. The van der Waals surface area contributed by atoms with Crippen LogP contribution in [0.3, 0.4) is 0 Å². The molecule has 0 radical (unpaired) electrons. The van der Waals surface area contributed by atoms with Gasteiger partial charge in [-0.1, -0.05) is 99.7 Å². The number of amides is 1. The molecule has 0 bridgehead atoms. The Bertz CT molecular complexity index is 1100. The van der Waals surface area contributed by atoms with E-state index in [0.717, 1.165) is 30.5 Å². The number of allylic oxidation sites excluding steroid dienone is 2. The molecule has 3 N–H and O–H groups in total. The summed E-state index contributed by atoms with van der Waals surface area (Å²) in [6.45, 7) is 8.79. The maximum atomic E-state index is 13.5. The Kier molecular flexibility index (Phi) is 14.3. The van der Waals surface area contributed by atoms with E-state index in [4.69, 9.17) is 9.47 Å². The van der Waals surface area contributed by atoms with Crippen LogP contribution in [0.15, 0.2) is 84.5 Å². The molecule has 7 heteroatoms. The van der Waals surface area contributed by atoms with Crippen LogP contribution in [-0.4, -0.2) is 57.0 Å². The lowest BCUT2D eigenvalue weighted by molar-refractivity contribution is -0.147. The van der Waals surface area contributed by atoms with Gasteiger partial charge >= 0.3 is 5.97 Å². The fraction of sp³-hybridized carbons (Fsp3) is 0.471. The van der Waals surface area contributed by atoms with E-state index < -0.39 is 18.1 Å². The molecule has 7 nitrogen and oxygen atoms in total. The lowest BCUT2D eigenvalue weighted by atomic mass is 10.0. The monoisotopic (exact) mass is 561 g/mol. The van der Waals surface area contributed by atoms with E-state index in [1.54, 1.807) is 0 Å². The van der Waals surface area contributed by atoms with Crippen LogP contribution in [0, 0.1) is 5.92 Å². The lowest BCUT2D eigenvalue weighted by Gasteiger charge is -2.24. The number of carbonyl (C=O) groups excluding carboxylic acids is 2. The molecule has 1 aliphatic carbocycles. The molecule has 1 aliphatic rings. The molecular weight excluding hydrogens is 514 g/mol. The van der Waals surface area contributed by atoms with Crippen molar-refractivity contribution in [1.29, 1.82) is 0 Å². The first kappa shape index (κ1) is 32.3. The van der Waals surface area contributed by atoms with Gasteiger partial charge in [0.25, 0.3) is 0 Å². The summed E-state index contributed by atoms with van der Waals surface area (Å²) in [6.07, 6.45) is 9.10. The molecule has 1 amide bonds. The van der Waals surface area contributed by atoms with Crippen molar-refractivity contribution in [3.05, 3.63) is 95.6 Å². The van der Waals surface area contributed by atoms with Crippen LogP contribution in [0.25, 0.3) is 0 Å². The van der Waals surface area contributed by atoms with Gasteiger partial charge in [0.1, 0.15) is 12.6 Å². The van der Waals surface area contributed by atoms with Crippen LogP contribution in [0.1, 0.15) is 57.1 Å². The Labute approximate surface area is 245 Å². The predicted molar refractivity (Wildman–Crippen MR) is 164 cm³/mol. The fourth-order valence-electron chi connectivity index (χ4n) is 4.69. The molecule has 0 spiro atoms. The summed E-state index contributed by atoms with van der Waals surface area (Å²) in [5.41, 5.74) is 3.32. The summed E-state index contributed by atoms with van der Waals surface area (Å²) in [5, 5.41) is 9.64. The van der Waals surface area contributed by atoms with Crippen LogP contribution >= 0.6 is 0 Å². The van der Waals surface area contributed by atoms with Gasteiger partial charge in [0.05, 0.1) is 19.4 Å². The Hall–Kier alpha value is -3.26. The first-order valence-corrected chi connectivity index (χ1v) is 14.9. The van der Waals surface area contributed by atoms with Crippen LogP contribution in [-0.2, 0) is 25.5 Å². The van der Waals surface area contributed by atoms with Crippen molar-refractivity contribution >= 4 is 11.9 Å². The molecule has 0 aromatic heterocycles. The van der Waals surface area contributed by atoms with Gasteiger partial charge in [-0.15, -0.1) is 0 Å². The van der Waals surface area contributed by atoms with E-state index in [0.29, 0.717) is 31.9 Å². The highest BCUT2D eigenvalue weighted by molar-refractivity contribution is 5.87. The van der Waals surface area contributed by atoms with E-state index in [1.807, 2.05) is 56.3 Å². The maximum absolute atomic E-state index is 13.5. The topological polar surface area (TPSA) is 88.7 Å². The summed E-state index contributed by atoms with van der Waals surface area (Å²) < 4.78 is 11.4. The van der Waals surface area contributed by atoms with Crippen LogP contribution in [0.4, 0.5) is 0 Å². The minimum atomic E-state index is -0.715. The molecule has 2 aromatic carbocycles. The lowest BCUT2D eigenvalue weighted by Crippen LogP contribution is -2.52.